The third kappa shape index (κ3) is 2.76. The van der Waals surface area contributed by atoms with Crippen LogP contribution in [0, 0.1) is 20.8 Å². The number of nitrogens with zero attached hydrogens (tertiary/aromatic N) is 1. The Morgan fingerprint density at radius 3 is 2.44 bits per heavy atom. The Balaban J connectivity index is 2.18. The smallest absolute Gasteiger partial charge is 0.294 e. The van der Waals surface area contributed by atoms with Gasteiger partial charge in [-0.15, -0.1) is 0 Å². The number of amides is 1. The number of benzene rings is 1. The van der Waals surface area contributed by atoms with E-state index in [2.05, 4.69) is 0 Å². The molecule has 2 aromatic rings. The molecule has 5 nitrogen and oxygen atoms in total. The normalized spacial score (nSPS) is 17.5. The first kappa shape index (κ1) is 17.0. The van der Waals surface area contributed by atoms with E-state index in [0.29, 0.717) is 17.2 Å². The van der Waals surface area contributed by atoms with E-state index in [0.717, 1.165) is 11.1 Å². The summed E-state index contributed by atoms with van der Waals surface area (Å²) < 4.78 is 5.70. The fourth-order valence-electron chi connectivity index (χ4n) is 3.09. The van der Waals surface area contributed by atoms with E-state index in [9.17, 15) is 14.7 Å². The number of Topliss-reactive ketones (excluding diaryl/α,β-unsaturated/α-hetero) is 1. The summed E-state index contributed by atoms with van der Waals surface area (Å²) in [5.74, 6) is -0.207. The molecule has 130 valence electrons. The number of aliphatic hydroxyl groups is 1. The highest BCUT2D eigenvalue weighted by atomic mass is 16.3. The molecule has 5 heteroatoms. The fraction of sp³-hybridized carbons (Fsp3) is 0.300. The molecular weight excluding hydrogens is 318 g/mol. The molecule has 0 saturated heterocycles. The molecule has 1 aromatic carbocycles. The number of aliphatic hydroxyl groups excluding tert-OH is 1. The Morgan fingerprint density at radius 1 is 1.16 bits per heavy atom. The van der Waals surface area contributed by atoms with Gasteiger partial charge in [-0.05, 0) is 56.2 Å². The van der Waals surface area contributed by atoms with Crippen LogP contribution in [0.15, 0.2) is 46.1 Å². The molecule has 1 N–H and O–H groups in total. The molecule has 3 rings (SSSR count). The first-order valence-corrected chi connectivity index (χ1v) is 8.28. The summed E-state index contributed by atoms with van der Waals surface area (Å²) in [6.07, 6.45) is 0.198. The van der Waals surface area contributed by atoms with Crippen molar-refractivity contribution < 1.29 is 19.1 Å². The number of carbonyl (C=O) groups excluding carboxylic acids is 2. The van der Waals surface area contributed by atoms with Gasteiger partial charge in [0.05, 0.1) is 5.57 Å². The van der Waals surface area contributed by atoms with Gasteiger partial charge in [-0.25, -0.2) is 0 Å². The first-order chi connectivity index (χ1) is 11.8. The Hall–Kier alpha value is -2.82. The van der Waals surface area contributed by atoms with Crippen molar-refractivity contribution in [3.05, 3.63) is 64.3 Å². The summed E-state index contributed by atoms with van der Waals surface area (Å²) in [7, 11) is 0. The van der Waals surface area contributed by atoms with E-state index < -0.39 is 17.7 Å². The van der Waals surface area contributed by atoms with Gasteiger partial charge in [-0.3, -0.25) is 14.5 Å². The van der Waals surface area contributed by atoms with Crippen LogP contribution < -0.4 is 4.90 Å². The molecular formula is C20H21NO4. The van der Waals surface area contributed by atoms with E-state index in [1.54, 1.807) is 26.0 Å². The van der Waals surface area contributed by atoms with E-state index in [4.69, 9.17) is 4.42 Å². The lowest BCUT2D eigenvalue weighted by molar-refractivity contribution is -0.118. The molecule has 1 aliphatic heterocycles. The zero-order valence-electron chi connectivity index (χ0n) is 14.8. The van der Waals surface area contributed by atoms with Crippen molar-refractivity contribution in [1.29, 1.82) is 0 Å². The maximum Gasteiger partial charge on any atom is 0.294 e. The predicted octanol–water partition coefficient (Wildman–Crippen LogP) is 4.08. The van der Waals surface area contributed by atoms with Gasteiger partial charge in [0.25, 0.3) is 5.91 Å². The maximum absolute atomic E-state index is 12.7. The number of furan rings is 1. The summed E-state index contributed by atoms with van der Waals surface area (Å²) in [6, 6.07) is 8.37. The third-order valence-corrected chi connectivity index (χ3v) is 4.63. The van der Waals surface area contributed by atoms with E-state index in [-0.39, 0.29) is 17.8 Å². The van der Waals surface area contributed by atoms with Crippen LogP contribution in [0.2, 0.25) is 0 Å². The van der Waals surface area contributed by atoms with Crippen LogP contribution in [0.4, 0.5) is 5.69 Å². The average molecular weight is 339 g/mol. The second-order valence-corrected chi connectivity index (χ2v) is 6.33. The summed E-state index contributed by atoms with van der Waals surface area (Å²) in [6.45, 7) is 7.44. The number of aryl methyl sites for hydroxylation is 3. The van der Waals surface area contributed by atoms with Crippen molar-refractivity contribution in [2.75, 3.05) is 4.90 Å². The Morgan fingerprint density at radius 2 is 1.88 bits per heavy atom. The van der Waals surface area contributed by atoms with Crippen molar-refractivity contribution in [3.8, 4) is 0 Å². The highest BCUT2D eigenvalue weighted by molar-refractivity contribution is 6.16. The number of hydrogen-bond donors (Lipinski definition) is 1. The van der Waals surface area contributed by atoms with Crippen molar-refractivity contribution in [3.63, 3.8) is 0 Å². The standard InChI is InChI=1S/C20H21NO4/c1-5-15(22)17-18(16-9-7-13(4)25-16)21(20(24)19(17)23)14-8-6-11(2)12(3)10-14/h6-10,18,23H,5H2,1-4H3. The van der Waals surface area contributed by atoms with Crippen LogP contribution in [-0.4, -0.2) is 16.8 Å². The second-order valence-electron chi connectivity index (χ2n) is 6.33. The molecule has 1 aliphatic rings. The molecule has 0 radical (unpaired) electrons. The SMILES string of the molecule is CCC(=O)C1=C(O)C(=O)N(c2ccc(C)c(C)c2)C1c1ccc(C)o1. The number of hydrogen-bond acceptors (Lipinski definition) is 4. The molecule has 0 saturated carbocycles. The highest BCUT2D eigenvalue weighted by Crippen LogP contribution is 2.42. The molecule has 0 aliphatic carbocycles. The van der Waals surface area contributed by atoms with E-state index in [1.807, 2.05) is 32.0 Å². The molecule has 1 unspecified atom stereocenters. The van der Waals surface area contributed by atoms with Gasteiger partial charge in [0.15, 0.2) is 11.5 Å². The summed E-state index contributed by atoms with van der Waals surface area (Å²) >= 11 is 0. The lowest BCUT2D eigenvalue weighted by Crippen LogP contribution is -2.30. The number of rotatable bonds is 4. The molecule has 1 amide bonds. The minimum Gasteiger partial charge on any atom is -0.503 e. The quantitative estimate of drug-likeness (QED) is 0.911. The predicted molar refractivity (Wildman–Crippen MR) is 94.5 cm³/mol. The molecule has 0 spiro atoms. The molecule has 1 atom stereocenters. The highest BCUT2D eigenvalue weighted by Gasteiger charge is 2.45. The van der Waals surface area contributed by atoms with Crippen molar-refractivity contribution in [1.82, 2.24) is 0 Å². The van der Waals surface area contributed by atoms with Gasteiger partial charge < -0.3 is 9.52 Å². The Bertz CT molecular complexity index is 891. The number of anilines is 1. The van der Waals surface area contributed by atoms with Crippen molar-refractivity contribution >= 4 is 17.4 Å². The maximum atomic E-state index is 12.7. The molecule has 25 heavy (non-hydrogen) atoms. The number of carbonyl (C=O) groups is 2. The van der Waals surface area contributed by atoms with Crippen LogP contribution >= 0.6 is 0 Å². The second kappa shape index (κ2) is 6.24. The lowest BCUT2D eigenvalue weighted by Gasteiger charge is -2.25. The van der Waals surface area contributed by atoms with Crippen LogP contribution in [0.5, 0.6) is 0 Å². The largest absolute Gasteiger partial charge is 0.503 e. The lowest BCUT2D eigenvalue weighted by atomic mass is 9.99. The molecule has 0 fully saturated rings. The monoisotopic (exact) mass is 339 g/mol. The zero-order valence-corrected chi connectivity index (χ0v) is 14.8. The van der Waals surface area contributed by atoms with Gasteiger partial charge in [0.1, 0.15) is 17.6 Å². The van der Waals surface area contributed by atoms with Crippen LogP contribution in [0.1, 0.15) is 42.0 Å². The fourth-order valence-corrected chi connectivity index (χ4v) is 3.09. The van der Waals surface area contributed by atoms with E-state index >= 15 is 0 Å². The Labute approximate surface area is 146 Å². The van der Waals surface area contributed by atoms with Crippen molar-refractivity contribution in [2.24, 2.45) is 0 Å². The van der Waals surface area contributed by atoms with Gasteiger partial charge in [-0.2, -0.15) is 0 Å². The Kier molecular flexibility index (Phi) is 4.25. The van der Waals surface area contributed by atoms with Gasteiger partial charge >= 0.3 is 0 Å². The van der Waals surface area contributed by atoms with Crippen LogP contribution in [0.25, 0.3) is 0 Å². The first-order valence-electron chi connectivity index (χ1n) is 8.28. The number of ketones is 1. The van der Waals surface area contributed by atoms with E-state index in [1.165, 1.54) is 4.90 Å². The minimum absolute atomic E-state index is 0.0973. The zero-order chi connectivity index (χ0) is 18.3. The third-order valence-electron chi connectivity index (χ3n) is 4.63. The molecule has 2 heterocycles. The molecule has 1 aromatic heterocycles. The summed E-state index contributed by atoms with van der Waals surface area (Å²) in [5.41, 5.74) is 2.84. The summed E-state index contributed by atoms with van der Waals surface area (Å²) in [5, 5.41) is 10.4. The van der Waals surface area contributed by atoms with Crippen LogP contribution in [-0.2, 0) is 9.59 Å². The van der Waals surface area contributed by atoms with Crippen LogP contribution in [0.3, 0.4) is 0 Å². The topological polar surface area (TPSA) is 70.8 Å². The van der Waals surface area contributed by atoms with Gasteiger partial charge in [-0.1, -0.05) is 13.0 Å². The van der Waals surface area contributed by atoms with Gasteiger partial charge in [0.2, 0.25) is 0 Å². The van der Waals surface area contributed by atoms with Gasteiger partial charge in [0, 0.05) is 12.1 Å². The minimum atomic E-state index is -0.754. The summed E-state index contributed by atoms with van der Waals surface area (Å²) in [4.78, 5) is 26.6. The van der Waals surface area contributed by atoms with Crippen molar-refractivity contribution in [2.45, 2.75) is 40.2 Å². The average Bonchev–Trinajstić information content (AvgIpc) is 3.12. The molecule has 0 bridgehead atoms.